The summed E-state index contributed by atoms with van der Waals surface area (Å²) in [6.45, 7) is 1.62. The minimum Gasteiger partial charge on any atom is -0.295 e. The summed E-state index contributed by atoms with van der Waals surface area (Å²) in [6.07, 6.45) is 0.930. The lowest BCUT2D eigenvalue weighted by atomic mass is 10.0. The minimum absolute atomic E-state index is 0.136. The molecule has 0 saturated heterocycles. The van der Waals surface area contributed by atoms with Crippen LogP contribution in [0.3, 0.4) is 0 Å². The van der Waals surface area contributed by atoms with Gasteiger partial charge in [-0.2, -0.15) is 0 Å². The maximum Gasteiger partial charge on any atom is 0.159 e. The SMILES string of the molecule is CC(=O)c1ccc2c(c1)Cc1ccccc1S2. The topological polar surface area (TPSA) is 17.1 Å². The van der Waals surface area contributed by atoms with Gasteiger partial charge < -0.3 is 0 Å². The van der Waals surface area contributed by atoms with Gasteiger partial charge in [-0.25, -0.2) is 0 Å². The van der Waals surface area contributed by atoms with Crippen LogP contribution in [0.5, 0.6) is 0 Å². The molecule has 0 radical (unpaired) electrons. The first-order chi connectivity index (χ1) is 8.24. The maximum atomic E-state index is 11.4. The van der Waals surface area contributed by atoms with Gasteiger partial charge >= 0.3 is 0 Å². The highest BCUT2D eigenvalue weighted by Crippen LogP contribution is 2.39. The van der Waals surface area contributed by atoms with E-state index in [0.29, 0.717) is 0 Å². The molecule has 0 saturated carbocycles. The van der Waals surface area contributed by atoms with Gasteiger partial charge in [0.1, 0.15) is 0 Å². The highest BCUT2D eigenvalue weighted by Gasteiger charge is 2.16. The van der Waals surface area contributed by atoms with E-state index in [2.05, 4.69) is 30.3 Å². The molecule has 2 heteroatoms. The zero-order chi connectivity index (χ0) is 11.8. The Morgan fingerprint density at radius 1 is 1.06 bits per heavy atom. The molecule has 17 heavy (non-hydrogen) atoms. The Kier molecular flexibility index (Phi) is 2.52. The van der Waals surface area contributed by atoms with E-state index in [1.807, 2.05) is 12.1 Å². The van der Waals surface area contributed by atoms with Crippen LogP contribution in [0.4, 0.5) is 0 Å². The molecule has 1 heterocycles. The smallest absolute Gasteiger partial charge is 0.159 e. The van der Waals surface area contributed by atoms with Crippen LogP contribution in [0.25, 0.3) is 0 Å². The first-order valence-electron chi connectivity index (χ1n) is 5.63. The van der Waals surface area contributed by atoms with Gasteiger partial charge in [0, 0.05) is 15.4 Å². The van der Waals surface area contributed by atoms with Gasteiger partial charge in [-0.3, -0.25) is 4.79 Å². The number of rotatable bonds is 1. The van der Waals surface area contributed by atoms with Crippen molar-refractivity contribution in [3.05, 3.63) is 59.2 Å². The van der Waals surface area contributed by atoms with Crippen LogP contribution in [0, 0.1) is 0 Å². The van der Waals surface area contributed by atoms with Crippen LogP contribution >= 0.6 is 11.8 Å². The normalized spacial score (nSPS) is 12.8. The van der Waals surface area contributed by atoms with Crippen molar-refractivity contribution in [3.63, 3.8) is 0 Å². The summed E-state index contributed by atoms with van der Waals surface area (Å²) in [5.74, 6) is 0.136. The molecular weight excluding hydrogens is 228 g/mol. The minimum atomic E-state index is 0.136. The van der Waals surface area contributed by atoms with E-state index in [0.717, 1.165) is 12.0 Å². The van der Waals surface area contributed by atoms with E-state index in [1.165, 1.54) is 20.9 Å². The Balaban J connectivity index is 2.06. The van der Waals surface area contributed by atoms with Crippen molar-refractivity contribution in [3.8, 4) is 0 Å². The van der Waals surface area contributed by atoms with Crippen LogP contribution in [0.1, 0.15) is 28.4 Å². The quantitative estimate of drug-likeness (QED) is 0.599. The molecule has 0 aromatic heterocycles. The fraction of sp³-hybridized carbons (Fsp3) is 0.133. The molecule has 3 rings (SSSR count). The standard InChI is InChI=1S/C15H12OS/c1-10(16)11-6-7-15-13(8-11)9-12-4-2-3-5-14(12)17-15/h2-8H,9H2,1H3. The molecular formula is C15H12OS. The predicted molar refractivity (Wildman–Crippen MR) is 69.8 cm³/mol. The number of hydrogen-bond donors (Lipinski definition) is 0. The van der Waals surface area contributed by atoms with Crippen LogP contribution in [0.15, 0.2) is 52.3 Å². The number of Topliss-reactive ketones (excluding diaryl/α,β-unsaturated/α-hetero) is 1. The Morgan fingerprint density at radius 2 is 1.82 bits per heavy atom. The number of benzene rings is 2. The Bertz CT molecular complexity index is 602. The van der Waals surface area contributed by atoms with E-state index < -0.39 is 0 Å². The molecule has 0 N–H and O–H groups in total. The summed E-state index contributed by atoms with van der Waals surface area (Å²) in [4.78, 5) is 14.0. The van der Waals surface area contributed by atoms with Crippen LogP contribution in [-0.4, -0.2) is 5.78 Å². The Labute approximate surface area is 105 Å². The van der Waals surface area contributed by atoms with E-state index in [9.17, 15) is 4.79 Å². The van der Waals surface area contributed by atoms with Crippen LogP contribution < -0.4 is 0 Å². The molecule has 0 fully saturated rings. The predicted octanol–water partition coefficient (Wildman–Crippen LogP) is 3.94. The number of fused-ring (bicyclic) bond motifs is 2. The van der Waals surface area contributed by atoms with Gasteiger partial charge in [-0.15, -0.1) is 0 Å². The molecule has 2 aromatic rings. The third kappa shape index (κ3) is 1.89. The molecule has 0 aliphatic carbocycles. The Morgan fingerprint density at radius 3 is 2.65 bits per heavy atom. The van der Waals surface area contributed by atoms with Gasteiger partial charge in [0.2, 0.25) is 0 Å². The van der Waals surface area contributed by atoms with Gasteiger partial charge in [-0.05, 0) is 42.7 Å². The first-order valence-corrected chi connectivity index (χ1v) is 6.45. The van der Waals surface area contributed by atoms with Gasteiger partial charge in [0.05, 0.1) is 0 Å². The number of hydrogen-bond acceptors (Lipinski definition) is 2. The average molecular weight is 240 g/mol. The fourth-order valence-corrected chi connectivity index (χ4v) is 3.16. The summed E-state index contributed by atoms with van der Waals surface area (Å²) < 4.78 is 0. The van der Waals surface area contributed by atoms with Crippen molar-refractivity contribution < 1.29 is 4.79 Å². The van der Waals surface area contributed by atoms with Crippen molar-refractivity contribution in [2.24, 2.45) is 0 Å². The van der Waals surface area contributed by atoms with Gasteiger partial charge in [0.15, 0.2) is 5.78 Å². The van der Waals surface area contributed by atoms with Crippen molar-refractivity contribution in [2.75, 3.05) is 0 Å². The zero-order valence-electron chi connectivity index (χ0n) is 9.57. The monoisotopic (exact) mass is 240 g/mol. The molecule has 1 nitrogen and oxygen atoms in total. The summed E-state index contributed by atoms with van der Waals surface area (Å²) >= 11 is 1.79. The average Bonchev–Trinajstić information content (AvgIpc) is 2.35. The zero-order valence-corrected chi connectivity index (χ0v) is 10.4. The molecule has 0 spiro atoms. The van der Waals surface area contributed by atoms with E-state index >= 15 is 0 Å². The third-order valence-electron chi connectivity index (χ3n) is 3.04. The molecule has 2 aromatic carbocycles. The summed E-state index contributed by atoms with van der Waals surface area (Å²) in [5, 5.41) is 0. The van der Waals surface area contributed by atoms with Crippen LogP contribution in [-0.2, 0) is 6.42 Å². The third-order valence-corrected chi connectivity index (χ3v) is 4.28. The number of carbonyl (C=O) groups excluding carboxylic acids is 1. The Hall–Kier alpha value is -1.54. The summed E-state index contributed by atoms with van der Waals surface area (Å²) in [6, 6.07) is 14.5. The number of carbonyl (C=O) groups is 1. The molecule has 0 atom stereocenters. The fourth-order valence-electron chi connectivity index (χ4n) is 2.11. The lowest BCUT2D eigenvalue weighted by molar-refractivity contribution is 0.101. The van der Waals surface area contributed by atoms with Gasteiger partial charge in [0.25, 0.3) is 0 Å². The maximum absolute atomic E-state index is 11.4. The first kappa shape index (κ1) is 10.6. The largest absolute Gasteiger partial charge is 0.295 e. The summed E-state index contributed by atoms with van der Waals surface area (Å²) in [7, 11) is 0. The highest BCUT2D eigenvalue weighted by atomic mass is 32.2. The van der Waals surface area contributed by atoms with Crippen LogP contribution in [0.2, 0.25) is 0 Å². The second-order valence-electron chi connectivity index (χ2n) is 4.27. The molecule has 1 aliphatic heterocycles. The molecule has 84 valence electrons. The van der Waals surface area contributed by atoms with Crippen molar-refractivity contribution in [1.82, 2.24) is 0 Å². The van der Waals surface area contributed by atoms with E-state index in [4.69, 9.17) is 0 Å². The molecule has 0 amide bonds. The van der Waals surface area contributed by atoms with Crippen molar-refractivity contribution >= 4 is 17.5 Å². The van der Waals surface area contributed by atoms with E-state index in [-0.39, 0.29) is 5.78 Å². The van der Waals surface area contributed by atoms with Gasteiger partial charge in [-0.1, -0.05) is 36.0 Å². The second kappa shape index (κ2) is 4.04. The summed E-state index contributed by atoms with van der Waals surface area (Å²) in [5.41, 5.74) is 3.43. The lowest BCUT2D eigenvalue weighted by Gasteiger charge is -2.19. The molecule has 1 aliphatic rings. The molecule has 0 unspecified atom stereocenters. The van der Waals surface area contributed by atoms with Crippen molar-refractivity contribution in [2.45, 2.75) is 23.1 Å². The number of ketones is 1. The molecule has 0 bridgehead atoms. The highest BCUT2D eigenvalue weighted by molar-refractivity contribution is 7.99. The van der Waals surface area contributed by atoms with E-state index in [1.54, 1.807) is 18.7 Å². The van der Waals surface area contributed by atoms with Crippen molar-refractivity contribution in [1.29, 1.82) is 0 Å². The second-order valence-corrected chi connectivity index (χ2v) is 5.35. The lowest BCUT2D eigenvalue weighted by Crippen LogP contribution is -2.02.